The van der Waals surface area contributed by atoms with Gasteiger partial charge in [-0.05, 0) is 30.7 Å². The van der Waals surface area contributed by atoms with Crippen LogP contribution in [-0.4, -0.2) is 15.9 Å². The molecule has 0 aliphatic rings. The monoisotopic (exact) mass is 247 g/mol. The summed E-state index contributed by atoms with van der Waals surface area (Å²) in [6.45, 7) is 1.83. The van der Waals surface area contributed by atoms with Crippen molar-refractivity contribution in [1.29, 1.82) is 0 Å². The Morgan fingerprint density at radius 2 is 1.94 bits per heavy atom. The number of carbonyl (C=O) groups excluding carboxylic acids is 1. The Morgan fingerprint density at radius 3 is 2.65 bits per heavy atom. The molecule has 2 rings (SSSR count). The molecule has 0 saturated carbocycles. The largest absolute Gasteiger partial charge is 0.318 e. The van der Waals surface area contributed by atoms with E-state index in [1.807, 2.05) is 13.0 Å². The fraction of sp³-hybridized carbons (Fsp3) is 0.0833. The first-order valence-electron chi connectivity index (χ1n) is 5.02. The third-order valence-electron chi connectivity index (χ3n) is 2.23. The highest BCUT2D eigenvalue weighted by Gasteiger charge is 2.11. The average molecular weight is 248 g/mol. The Bertz CT molecular complexity index is 557. The number of aryl methyl sites for hydroxylation is 1. The zero-order valence-electron chi connectivity index (χ0n) is 9.14. The molecule has 0 atom stereocenters. The predicted octanol–water partition coefficient (Wildman–Crippen LogP) is 2.69. The van der Waals surface area contributed by atoms with Gasteiger partial charge >= 0.3 is 0 Å². The van der Waals surface area contributed by atoms with Crippen molar-refractivity contribution in [2.75, 3.05) is 5.32 Å². The van der Waals surface area contributed by atoms with Crippen molar-refractivity contribution in [1.82, 2.24) is 9.97 Å². The molecule has 0 saturated heterocycles. The van der Waals surface area contributed by atoms with Crippen LogP contribution in [0.3, 0.4) is 0 Å². The van der Waals surface area contributed by atoms with Gasteiger partial charge in [0.25, 0.3) is 5.91 Å². The van der Waals surface area contributed by atoms with Gasteiger partial charge in [-0.2, -0.15) is 0 Å². The van der Waals surface area contributed by atoms with Crippen LogP contribution >= 0.6 is 11.6 Å². The minimum absolute atomic E-state index is 0.259. The van der Waals surface area contributed by atoms with E-state index in [0.717, 1.165) is 5.56 Å². The van der Waals surface area contributed by atoms with Crippen molar-refractivity contribution in [3.8, 4) is 0 Å². The lowest BCUT2D eigenvalue weighted by atomic mass is 10.2. The third kappa shape index (κ3) is 2.60. The van der Waals surface area contributed by atoms with Crippen LogP contribution in [0.5, 0.6) is 0 Å². The highest BCUT2D eigenvalue weighted by atomic mass is 35.5. The van der Waals surface area contributed by atoms with Gasteiger partial charge in [0, 0.05) is 12.4 Å². The van der Waals surface area contributed by atoms with Gasteiger partial charge in [0.05, 0.1) is 5.69 Å². The number of nitrogens with zero attached hydrogens (tertiary/aromatic N) is 2. The summed E-state index contributed by atoms with van der Waals surface area (Å²) in [6, 6.07) is 6.99. The van der Waals surface area contributed by atoms with Gasteiger partial charge in [0.15, 0.2) is 5.15 Å². The number of hydrogen-bond acceptors (Lipinski definition) is 3. The summed E-state index contributed by atoms with van der Waals surface area (Å²) in [5, 5.41) is 2.93. The van der Waals surface area contributed by atoms with Crippen molar-refractivity contribution in [3.05, 3.63) is 53.1 Å². The number of pyridine rings is 2. The summed E-state index contributed by atoms with van der Waals surface area (Å²) in [5.74, 6) is -0.294. The molecule has 5 heteroatoms. The predicted molar refractivity (Wildman–Crippen MR) is 66.2 cm³/mol. The van der Waals surface area contributed by atoms with Crippen LogP contribution in [0.2, 0.25) is 5.15 Å². The summed E-state index contributed by atoms with van der Waals surface area (Å²) >= 11 is 5.85. The number of amides is 1. The highest BCUT2D eigenvalue weighted by Crippen LogP contribution is 2.18. The average Bonchev–Trinajstić information content (AvgIpc) is 2.32. The van der Waals surface area contributed by atoms with E-state index in [1.165, 1.54) is 0 Å². The zero-order chi connectivity index (χ0) is 12.3. The van der Waals surface area contributed by atoms with E-state index in [9.17, 15) is 4.79 Å². The van der Waals surface area contributed by atoms with Gasteiger partial charge in [-0.15, -0.1) is 0 Å². The summed E-state index contributed by atoms with van der Waals surface area (Å²) in [6.07, 6.45) is 3.14. The van der Waals surface area contributed by atoms with Gasteiger partial charge in [0.1, 0.15) is 5.69 Å². The maximum Gasteiger partial charge on any atom is 0.274 e. The fourth-order valence-electron chi connectivity index (χ4n) is 1.38. The molecule has 17 heavy (non-hydrogen) atoms. The Hall–Kier alpha value is -1.94. The molecule has 2 aromatic heterocycles. The first-order valence-corrected chi connectivity index (χ1v) is 5.40. The lowest BCUT2D eigenvalue weighted by molar-refractivity contribution is 0.102. The summed E-state index contributed by atoms with van der Waals surface area (Å²) < 4.78 is 0. The van der Waals surface area contributed by atoms with Crippen LogP contribution < -0.4 is 5.32 Å². The van der Waals surface area contributed by atoms with Crippen LogP contribution in [0.1, 0.15) is 16.1 Å². The molecular formula is C12H10ClN3O. The molecule has 0 unspecified atom stereocenters. The first-order chi connectivity index (χ1) is 8.18. The summed E-state index contributed by atoms with van der Waals surface area (Å²) in [5.41, 5.74) is 1.67. The van der Waals surface area contributed by atoms with Crippen LogP contribution in [0.4, 0.5) is 5.69 Å². The second-order valence-corrected chi connectivity index (χ2v) is 3.82. The van der Waals surface area contributed by atoms with E-state index in [0.29, 0.717) is 11.4 Å². The quantitative estimate of drug-likeness (QED) is 0.830. The Labute approximate surface area is 104 Å². The van der Waals surface area contributed by atoms with Crippen molar-refractivity contribution < 1.29 is 4.79 Å². The third-order valence-corrected chi connectivity index (χ3v) is 2.53. The number of nitrogens with one attached hydrogen (secondary N) is 1. The zero-order valence-corrected chi connectivity index (χ0v) is 9.90. The molecule has 0 fully saturated rings. The molecule has 86 valence electrons. The SMILES string of the molecule is Cc1cccnc1C(=O)Nc1cccnc1Cl. The van der Waals surface area contributed by atoms with E-state index in [1.54, 1.807) is 30.6 Å². The first kappa shape index (κ1) is 11.5. The number of anilines is 1. The van der Waals surface area contributed by atoms with Crippen molar-refractivity contribution >= 4 is 23.2 Å². The standard InChI is InChI=1S/C12H10ClN3O/c1-8-4-2-6-14-10(8)12(17)16-9-5-3-7-15-11(9)13/h2-7H,1H3,(H,16,17). The van der Waals surface area contributed by atoms with Crippen molar-refractivity contribution in [2.45, 2.75) is 6.92 Å². The van der Waals surface area contributed by atoms with E-state index in [4.69, 9.17) is 11.6 Å². The topological polar surface area (TPSA) is 54.9 Å². The lowest BCUT2D eigenvalue weighted by Crippen LogP contribution is -2.15. The summed E-state index contributed by atoms with van der Waals surface area (Å²) in [7, 11) is 0. The van der Waals surface area contributed by atoms with Gasteiger partial charge in [-0.3, -0.25) is 9.78 Å². The lowest BCUT2D eigenvalue weighted by Gasteiger charge is -2.07. The number of carbonyl (C=O) groups is 1. The van der Waals surface area contributed by atoms with Crippen molar-refractivity contribution in [3.63, 3.8) is 0 Å². The Balaban J connectivity index is 2.24. The molecule has 0 bridgehead atoms. The molecule has 4 nitrogen and oxygen atoms in total. The smallest absolute Gasteiger partial charge is 0.274 e. The molecule has 1 amide bonds. The van der Waals surface area contributed by atoms with Gasteiger partial charge in [0.2, 0.25) is 0 Å². The highest BCUT2D eigenvalue weighted by molar-refractivity contribution is 6.32. The van der Waals surface area contributed by atoms with Crippen LogP contribution in [-0.2, 0) is 0 Å². The Kier molecular flexibility index (Phi) is 3.35. The summed E-state index contributed by atoms with van der Waals surface area (Å²) in [4.78, 5) is 19.8. The molecule has 2 heterocycles. The van der Waals surface area contributed by atoms with E-state index < -0.39 is 0 Å². The molecule has 0 aliphatic carbocycles. The Morgan fingerprint density at radius 1 is 1.24 bits per heavy atom. The van der Waals surface area contributed by atoms with E-state index >= 15 is 0 Å². The molecule has 0 radical (unpaired) electrons. The second kappa shape index (κ2) is 4.93. The maximum atomic E-state index is 11.9. The number of aromatic nitrogens is 2. The molecular weight excluding hydrogens is 238 g/mol. The fourth-order valence-corrected chi connectivity index (χ4v) is 1.55. The van der Waals surface area contributed by atoms with Crippen LogP contribution in [0, 0.1) is 6.92 Å². The van der Waals surface area contributed by atoms with Crippen molar-refractivity contribution in [2.24, 2.45) is 0 Å². The van der Waals surface area contributed by atoms with Gasteiger partial charge < -0.3 is 5.32 Å². The number of rotatable bonds is 2. The second-order valence-electron chi connectivity index (χ2n) is 3.46. The number of halogens is 1. The van der Waals surface area contributed by atoms with E-state index in [2.05, 4.69) is 15.3 Å². The van der Waals surface area contributed by atoms with Crippen LogP contribution in [0.25, 0.3) is 0 Å². The molecule has 0 aliphatic heterocycles. The minimum Gasteiger partial charge on any atom is -0.318 e. The number of hydrogen-bond donors (Lipinski definition) is 1. The molecule has 1 N–H and O–H groups in total. The molecule has 0 aromatic carbocycles. The maximum absolute atomic E-state index is 11.9. The van der Waals surface area contributed by atoms with E-state index in [-0.39, 0.29) is 11.1 Å². The van der Waals surface area contributed by atoms with Gasteiger partial charge in [-0.25, -0.2) is 4.98 Å². The van der Waals surface area contributed by atoms with Crippen LogP contribution in [0.15, 0.2) is 36.7 Å². The molecule has 0 spiro atoms. The van der Waals surface area contributed by atoms with Gasteiger partial charge in [-0.1, -0.05) is 17.7 Å². The minimum atomic E-state index is -0.294. The normalized spacial score (nSPS) is 10.0. The molecule has 2 aromatic rings.